The predicted molar refractivity (Wildman–Crippen MR) is 133 cm³/mol. The van der Waals surface area contributed by atoms with Crippen molar-refractivity contribution in [3.63, 3.8) is 0 Å². The fourth-order valence-corrected chi connectivity index (χ4v) is 4.25. The third-order valence-electron chi connectivity index (χ3n) is 5.55. The Morgan fingerprint density at radius 1 is 1.03 bits per heavy atom. The molecule has 1 aliphatic heterocycles. The van der Waals surface area contributed by atoms with Crippen LogP contribution in [0.5, 0.6) is 11.6 Å². The Hall–Kier alpha value is -2.98. The third kappa shape index (κ3) is 6.79. The average molecular weight is 518 g/mol. The van der Waals surface area contributed by atoms with Crippen LogP contribution in [0.4, 0.5) is 5.95 Å². The Labute approximate surface area is 213 Å². The van der Waals surface area contributed by atoms with Crippen LogP contribution in [0.15, 0.2) is 42.7 Å². The summed E-state index contributed by atoms with van der Waals surface area (Å²) < 4.78 is 10.6. The van der Waals surface area contributed by atoms with Gasteiger partial charge in [-0.2, -0.15) is 0 Å². The molecule has 0 radical (unpaired) electrons. The first-order chi connectivity index (χ1) is 16.9. The highest BCUT2D eigenvalue weighted by Crippen LogP contribution is 2.30. The van der Waals surface area contributed by atoms with E-state index in [1.54, 1.807) is 42.7 Å². The van der Waals surface area contributed by atoms with Crippen molar-refractivity contribution in [1.82, 2.24) is 19.9 Å². The minimum atomic E-state index is -0.200. The van der Waals surface area contributed by atoms with Gasteiger partial charge in [0.2, 0.25) is 11.8 Å². The van der Waals surface area contributed by atoms with Crippen LogP contribution in [0.25, 0.3) is 11.3 Å². The number of hydrogen-bond acceptors (Lipinski definition) is 9. The summed E-state index contributed by atoms with van der Waals surface area (Å²) in [6.45, 7) is 3.64. The van der Waals surface area contributed by atoms with Gasteiger partial charge < -0.3 is 19.5 Å². The molecule has 1 aromatic carbocycles. The number of ether oxygens (including phenoxy) is 2. The van der Waals surface area contributed by atoms with Gasteiger partial charge >= 0.3 is 5.97 Å². The first-order valence-electron chi connectivity index (χ1n) is 11.1. The second-order valence-corrected chi connectivity index (χ2v) is 8.86. The van der Waals surface area contributed by atoms with Gasteiger partial charge in [0.25, 0.3) is 0 Å². The van der Waals surface area contributed by atoms with Crippen molar-refractivity contribution >= 4 is 35.1 Å². The summed E-state index contributed by atoms with van der Waals surface area (Å²) in [5.41, 5.74) is 1.90. The van der Waals surface area contributed by atoms with E-state index in [2.05, 4.69) is 24.8 Å². The van der Waals surface area contributed by atoms with Crippen LogP contribution in [-0.2, 0) is 16.1 Å². The van der Waals surface area contributed by atoms with Crippen LogP contribution in [0.3, 0.4) is 0 Å². The lowest BCUT2D eigenvalue weighted by Gasteiger charge is -2.34. The second-order valence-electron chi connectivity index (χ2n) is 7.99. The minimum Gasteiger partial charge on any atom is -0.469 e. The molecule has 0 aliphatic carbocycles. The molecule has 3 heterocycles. The molecule has 3 aromatic rings. The molecular formula is C24H25Cl2N5O4. The fourth-order valence-electron chi connectivity index (χ4n) is 3.72. The maximum atomic E-state index is 11.3. The molecule has 0 saturated carbocycles. The maximum absolute atomic E-state index is 11.3. The van der Waals surface area contributed by atoms with E-state index >= 15 is 0 Å². The zero-order valence-corrected chi connectivity index (χ0v) is 20.7. The first-order valence-corrected chi connectivity index (χ1v) is 11.8. The number of halogens is 2. The van der Waals surface area contributed by atoms with Gasteiger partial charge in [0, 0.05) is 54.4 Å². The molecule has 1 fully saturated rings. The van der Waals surface area contributed by atoms with Crippen molar-refractivity contribution in [1.29, 1.82) is 0 Å². The van der Waals surface area contributed by atoms with Gasteiger partial charge in [-0.25, -0.2) is 15.0 Å². The molecule has 1 aliphatic rings. The van der Waals surface area contributed by atoms with E-state index in [0.717, 1.165) is 26.2 Å². The van der Waals surface area contributed by atoms with Crippen molar-refractivity contribution in [3.05, 3.63) is 58.3 Å². The number of rotatable bonds is 8. The Balaban J connectivity index is 1.41. The normalized spacial score (nSPS) is 14.1. The number of nitrogens with zero attached hydrogens (tertiary/aromatic N) is 5. The van der Waals surface area contributed by atoms with Gasteiger partial charge in [0.1, 0.15) is 0 Å². The lowest BCUT2D eigenvalue weighted by atomic mass is 10.1. The highest BCUT2D eigenvalue weighted by molar-refractivity contribution is 6.35. The molecule has 0 unspecified atom stereocenters. The van der Waals surface area contributed by atoms with Crippen LogP contribution in [-0.4, -0.2) is 70.8 Å². The number of esters is 1. The van der Waals surface area contributed by atoms with Gasteiger partial charge in [-0.1, -0.05) is 23.2 Å². The standard InChI is InChI=1S/C24H25Cl2N5O4/c1-34-23(33)2-3-30-4-6-31(7-5-30)24-27-13-20(14-28-24)35-22-9-16(15-32)8-21(29-22)17-10-18(25)12-19(26)11-17/h8-14,32H,2-7,15H2,1H3. The van der Waals surface area contributed by atoms with Crippen LogP contribution in [0.1, 0.15) is 12.0 Å². The van der Waals surface area contributed by atoms with Crippen LogP contribution in [0, 0.1) is 0 Å². The Morgan fingerprint density at radius 3 is 2.34 bits per heavy atom. The number of pyridine rings is 1. The highest BCUT2D eigenvalue weighted by atomic mass is 35.5. The number of aliphatic hydroxyl groups is 1. The molecule has 0 spiro atoms. The number of carbonyl (C=O) groups is 1. The topological polar surface area (TPSA) is 101 Å². The zero-order valence-electron chi connectivity index (χ0n) is 19.2. The van der Waals surface area contributed by atoms with Gasteiger partial charge in [0.15, 0.2) is 5.75 Å². The largest absolute Gasteiger partial charge is 0.469 e. The van der Waals surface area contributed by atoms with E-state index in [1.165, 1.54) is 7.11 Å². The van der Waals surface area contributed by atoms with Crippen molar-refractivity contribution in [3.8, 4) is 22.9 Å². The molecular weight excluding hydrogens is 493 g/mol. The van der Waals surface area contributed by atoms with Crippen molar-refractivity contribution in [2.24, 2.45) is 0 Å². The number of aromatic nitrogens is 3. The lowest BCUT2D eigenvalue weighted by Crippen LogP contribution is -2.47. The molecule has 0 atom stereocenters. The van der Waals surface area contributed by atoms with Gasteiger partial charge in [-0.05, 0) is 29.8 Å². The highest BCUT2D eigenvalue weighted by Gasteiger charge is 2.20. The molecule has 184 valence electrons. The number of benzene rings is 1. The molecule has 1 N–H and O–H groups in total. The summed E-state index contributed by atoms with van der Waals surface area (Å²) in [6, 6.07) is 8.53. The van der Waals surface area contributed by atoms with E-state index < -0.39 is 0 Å². The maximum Gasteiger partial charge on any atom is 0.306 e. The summed E-state index contributed by atoms with van der Waals surface area (Å²) in [5.74, 6) is 1.12. The van der Waals surface area contributed by atoms with Gasteiger partial charge in [-0.15, -0.1) is 0 Å². The molecule has 9 nitrogen and oxygen atoms in total. The van der Waals surface area contributed by atoms with Crippen molar-refractivity contribution in [2.75, 3.05) is 44.7 Å². The smallest absolute Gasteiger partial charge is 0.306 e. The summed E-state index contributed by atoms with van der Waals surface area (Å²) >= 11 is 12.3. The number of hydrogen-bond donors (Lipinski definition) is 1. The first kappa shape index (κ1) is 25.1. The molecule has 11 heteroatoms. The predicted octanol–water partition coefficient (Wildman–Crippen LogP) is 3.82. The van der Waals surface area contributed by atoms with Crippen molar-refractivity contribution < 1.29 is 19.4 Å². The van der Waals surface area contributed by atoms with E-state index in [9.17, 15) is 9.90 Å². The second kappa shape index (κ2) is 11.6. The Morgan fingerprint density at radius 2 is 1.71 bits per heavy atom. The third-order valence-corrected chi connectivity index (χ3v) is 5.99. The Kier molecular flexibility index (Phi) is 8.35. The zero-order chi connectivity index (χ0) is 24.8. The SMILES string of the molecule is COC(=O)CCN1CCN(c2ncc(Oc3cc(CO)cc(-c4cc(Cl)cc(Cl)c4)n3)cn2)CC1. The number of carbonyl (C=O) groups excluding carboxylic acids is 1. The number of anilines is 1. The van der Waals surface area contributed by atoms with Crippen LogP contribution < -0.4 is 9.64 Å². The summed E-state index contributed by atoms with van der Waals surface area (Å²) in [5, 5.41) is 10.7. The summed E-state index contributed by atoms with van der Waals surface area (Å²) in [6.07, 6.45) is 3.57. The van der Waals surface area contributed by atoms with Gasteiger partial charge in [-0.3, -0.25) is 9.69 Å². The van der Waals surface area contributed by atoms with Crippen LogP contribution >= 0.6 is 23.2 Å². The number of piperazine rings is 1. The summed E-state index contributed by atoms with van der Waals surface area (Å²) in [7, 11) is 1.40. The monoisotopic (exact) mass is 517 g/mol. The molecule has 2 aromatic heterocycles. The molecule has 1 saturated heterocycles. The number of methoxy groups -OCH3 is 1. The van der Waals surface area contributed by atoms with E-state index in [1.807, 2.05) is 0 Å². The minimum absolute atomic E-state index is 0.179. The summed E-state index contributed by atoms with van der Waals surface area (Å²) in [4.78, 5) is 29.1. The average Bonchev–Trinajstić information content (AvgIpc) is 2.87. The lowest BCUT2D eigenvalue weighted by molar-refractivity contribution is -0.141. The van der Waals surface area contributed by atoms with E-state index in [-0.39, 0.29) is 12.6 Å². The number of aliphatic hydroxyl groups excluding tert-OH is 1. The molecule has 0 amide bonds. The fraction of sp³-hybridized carbons (Fsp3) is 0.333. The van der Waals surface area contributed by atoms with E-state index in [0.29, 0.717) is 57.4 Å². The van der Waals surface area contributed by atoms with Crippen LogP contribution in [0.2, 0.25) is 10.0 Å². The Bertz CT molecular complexity index is 1150. The quantitative estimate of drug-likeness (QED) is 0.446. The van der Waals surface area contributed by atoms with Gasteiger partial charge in [0.05, 0.1) is 38.2 Å². The van der Waals surface area contributed by atoms with Crippen molar-refractivity contribution in [2.45, 2.75) is 13.0 Å². The molecule has 4 rings (SSSR count). The molecule has 35 heavy (non-hydrogen) atoms. The van der Waals surface area contributed by atoms with E-state index in [4.69, 9.17) is 32.7 Å². The molecule has 0 bridgehead atoms.